The molecule has 0 aliphatic carbocycles. The Balaban J connectivity index is 4.50. The molecule has 0 heterocycles. The molecule has 0 aromatic carbocycles. The van der Waals surface area contributed by atoms with E-state index in [0.717, 1.165) is 35.5 Å². The van der Waals surface area contributed by atoms with E-state index in [2.05, 4.69) is 60.8 Å². The molecule has 6 atom stereocenters. The van der Waals surface area contributed by atoms with Crippen LogP contribution in [-0.4, -0.2) is 13.6 Å². The Bertz CT molecular complexity index is 288. The Morgan fingerprint density at radius 2 is 1.28 bits per heavy atom. The first-order chi connectivity index (χ1) is 11.9. The van der Waals surface area contributed by atoms with E-state index in [1.807, 2.05) is 0 Å². The van der Waals surface area contributed by atoms with Crippen LogP contribution in [0.25, 0.3) is 0 Å². The minimum Gasteiger partial charge on any atom is -0.320 e. The largest absolute Gasteiger partial charge is 0.320 e. The second-order valence-corrected chi connectivity index (χ2v) is 9.17. The number of hydrogen-bond donors (Lipinski definition) is 1. The molecular weight excluding hydrogens is 302 g/mol. The monoisotopic (exact) mass is 353 g/mol. The summed E-state index contributed by atoms with van der Waals surface area (Å²) in [6, 6.07) is 0. The van der Waals surface area contributed by atoms with Crippen molar-refractivity contribution in [2.45, 2.75) is 106 Å². The van der Waals surface area contributed by atoms with E-state index < -0.39 is 0 Å². The highest BCUT2D eigenvalue weighted by Crippen LogP contribution is 2.38. The predicted octanol–water partition coefficient (Wildman–Crippen LogP) is 7.55. The zero-order chi connectivity index (χ0) is 19.2. The Hall–Kier alpha value is -0.0400. The molecular formula is C24H51N. The van der Waals surface area contributed by atoms with Crippen LogP contribution in [0, 0.1) is 35.5 Å². The molecule has 0 rings (SSSR count). The highest BCUT2D eigenvalue weighted by Gasteiger charge is 2.29. The molecule has 25 heavy (non-hydrogen) atoms. The van der Waals surface area contributed by atoms with Gasteiger partial charge in [-0.15, -0.1) is 0 Å². The van der Waals surface area contributed by atoms with E-state index in [9.17, 15) is 0 Å². The van der Waals surface area contributed by atoms with Gasteiger partial charge in [-0.25, -0.2) is 0 Å². The van der Waals surface area contributed by atoms with E-state index >= 15 is 0 Å². The fourth-order valence-corrected chi connectivity index (χ4v) is 4.40. The van der Waals surface area contributed by atoms with Crippen molar-refractivity contribution in [2.24, 2.45) is 35.5 Å². The second kappa shape index (κ2) is 15.1. The zero-order valence-corrected chi connectivity index (χ0v) is 19.0. The van der Waals surface area contributed by atoms with Crippen molar-refractivity contribution in [3.63, 3.8) is 0 Å². The smallest absolute Gasteiger partial charge is 0.00519 e. The standard InChI is InChI=1S/C24H51N/c1-9-14-24(23(7)21(5)17-16-19(3)10-2)22(6)20(4)15-12-11-13-18-25-8/h19-25H,9-18H2,1-8H3. The van der Waals surface area contributed by atoms with Crippen molar-refractivity contribution in [2.75, 3.05) is 13.6 Å². The first-order valence-electron chi connectivity index (χ1n) is 11.5. The lowest BCUT2D eigenvalue weighted by Crippen LogP contribution is -2.29. The normalized spacial score (nSPS) is 19.2. The minimum absolute atomic E-state index is 0.866. The third-order valence-corrected chi connectivity index (χ3v) is 7.17. The third kappa shape index (κ3) is 10.6. The van der Waals surface area contributed by atoms with E-state index in [4.69, 9.17) is 0 Å². The van der Waals surface area contributed by atoms with Gasteiger partial charge in [0.2, 0.25) is 0 Å². The summed E-state index contributed by atoms with van der Waals surface area (Å²) in [6.45, 7) is 18.4. The Labute approximate surface area is 161 Å². The van der Waals surface area contributed by atoms with Gasteiger partial charge in [0, 0.05) is 0 Å². The summed E-state index contributed by atoms with van der Waals surface area (Å²) in [5.41, 5.74) is 0. The Kier molecular flexibility index (Phi) is 15.0. The van der Waals surface area contributed by atoms with Crippen LogP contribution in [0.3, 0.4) is 0 Å². The van der Waals surface area contributed by atoms with Crippen LogP contribution in [0.5, 0.6) is 0 Å². The van der Waals surface area contributed by atoms with Gasteiger partial charge in [0.05, 0.1) is 0 Å². The van der Waals surface area contributed by atoms with Crippen molar-refractivity contribution in [3.05, 3.63) is 0 Å². The summed E-state index contributed by atoms with van der Waals surface area (Å²) >= 11 is 0. The van der Waals surface area contributed by atoms with Crippen molar-refractivity contribution in [1.29, 1.82) is 0 Å². The van der Waals surface area contributed by atoms with Gasteiger partial charge in [-0.3, -0.25) is 0 Å². The predicted molar refractivity (Wildman–Crippen MR) is 116 cm³/mol. The lowest BCUT2D eigenvalue weighted by Gasteiger charge is -2.37. The molecule has 0 fully saturated rings. The second-order valence-electron chi connectivity index (χ2n) is 9.17. The first kappa shape index (κ1) is 25.0. The van der Waals surface area contributed by atoms with Crippen molar-refractivity contribution in [3.8, 4) is 0 Å². The quantitative estimate of drug-likeness (QED) is 0.282. The van der Waals surface area contributed by atoms with Crippen molar-refractivity contribution < 1.29 is 0 Å². The molecule has 1 heteroatoms. The van der Waals surface area contributed by atoms with Gasteiger partial charge in [0.1, 0.15) is 0 Å². The van der Waals surface area contributed by atoms with Crippen LogP contribution in [0.4, 0.5) is 0 Å². The molecule has 1 nitrogen and oxygen atoms in total. The van der Waals surface area contributed by atoms with Crippen molar-refractivity contribution in [1.82, 2.24) is 5.32 Å². The van der Waals surface area contributed by atoms with Crippen LogP contribution in [-0.2, 0) is 0 Å². The van der Waals surface area contributed by atoms with Crippen LogP contribution < -0.4 is 5.32 Å². The molecule has 0 saturated carbocycles. The van der Waals surface area contributed by atoms with Crippen LogP contribution >= 0.6 is 0 Å². The van der Waals surface area contributed by atoms with Gasteiger partial charge in [0.15, 0.2) is 0 Å². The average molecular weight is 354 g/mol. The molecule has 0 saturated heterocycles. The summed E-state index contributed by atoms with van der Waals surface area (Å²) in [5.74, 6) is 5.28. The van der Waals surface area contributed by atoms with E-state index in [1.165, 1.54) is 64.3 Å². The highest BCUT2D eigenvalue weighted by atomic mass is 14.8. The molecule has 0 bridgehead atoms. The number of unbranched alkanes of at least 4 members (excludes halogenated alkanes) is 2. The summed E-state index contributed by atoms with van der Waals surface area (Å²) in [7, 11) is 2.06. The van der Waals surface area contributed by atoms with Gasteiger partial charge < -0.3 is 5.32 Å². The zero-order valence-electron chi connectivity index (χ0n) is 19.0. The van der Waals surface area contributed by atoms with Gasteiger partial charge in [-0.05, 0) is 55.5 Å². The third-order valence-electron chi connectivity index (χ3n) is 7.17. The summed E-state index contributed by atoms with van der Waals surface area (Å²) in [5, 5.41) is 3.26. The van der Waals surface area contributed by atoms with Gasteiger partial charge >= 0.3 is 0 Å². The summed E-state index contributed by atoms with van der Waals surface area (Å²) in [4.78, 5) is 0. The van der Waals surface area contributed by atoms with Gasteiger partial charge in [-0.2, -0.15) is 0 Å². The first-order valence-corrected chi connectivity index (χ1v) is 11.5. The molecule has 0 aliphatic rings. The average Bonchev–Trinajstić information content (AvgIpc) is 2.62. The van der Waals surface area contributed by atoms with Gasteiger partial charge in [-0.1, -0.05) is 99.8 Å². The molecule has 0 amide bonds. The maximum absolute atomic E-state index is 3.26. The van der Waals surface area contributed by atoms with E-state index in [0.29, 0.717) is 0 Å². The maximum Gasteiger partial charge on any atom is -0.00519 e. The lowest BCUT2D eigenvalue weighted by molar-refractivity contribution is 0.129. The fourth-order valence-electron chi connectivity index (χ4n) is 4.40. The molecule has 0 radical (unpaired) electrons. The molecule has 6 unspecified atom stereocenters. The summed E-state index contributed by atoms with van der Waals surface area (Å²) < 4.78 is 0. The van der Waals surface area contributed by atoms with Crippen LogP contribution in [0.1, 0.15) is 106 Å². The van der Waals surface area contributed by atoms with Gasteiger partial charge in [0.25, 0.3) is 0 Å². The molecule has 0 aromatic rings. The van der Waals surface area contributed by atoms with Crippen molar-refractivity contribution >= 4 is 0 Å². The topological polar surface area (TPSA) is 12.0 Å². The minimum atomic E-state index is 0.866. The molecule has 0 aromatic heterocycles. The Morgan fingerprint density at radius 1 is 0.680 bits per heavy atom. The summed E-state index contributed by atoms with van der Waals surface area (Å²) in [6.07, 6.45) is 12.5. The SMILES string of the molecule is CCCC(C(C)C(C)CCCCCNC)C(C)C(C)CCC(C)CC. The maximum atomic E-state index is 3.26. The van der Waals surface area contributed by atoms with E-state index in [-0.39, 0.29) is 0 Å². The molecule has 0 aliphatic heterocycles. The van der Waals surface area contributed by atoms with Crippen LogP contribution in [0.15, 0.2) is 0 Å². The molecule has 1 N–H and O–H groups in total. The lowest BCUT2D eigenvalue weighted by atomic mass is 9.69. The molecule has 152 valence electrons. The van der Waals surface area contributed by atoms with E-state index in [1.54, 1.807) is 0 Å². The number of rotatable bonds is 16. The fraction of sp³-hybridized carbons (Fsp3) is 1.00. The molecule has 0 spiro atoms. The number of hydrogen-bond acceptors (Lipinski definition) is 1. The Morgan fingerprint density at radius 3 is 1.80 bits per heavy atom. The highest BCUT2D eigenvalue weighted by molar-refractivity contribution is 4.79. The number of nitrogens with one attached hydrogen (secondary N) is 1. The van der Waals surface area contributed by atoms with Crippen LogP contribution in [0.2, 0.25) is 0 Å².